The summed E-state index contributed by atoms with van der Waals surface area (Å²) in [6.45, 7) is 0.224. The molecular formula is C23H16F2N4O2. The fourth-order valence-corrected chi connectivity index (χ4v) is 3.72. The van der Waals surface area contributed by atoms with E-state index in [0.717, 1.165) is 4.73 Å². The molecule has 2 aromatic carbocycles. The average molecular weight is 418 g/mol. The van der Waals surface area contributed by atoms with Crippen molar-refractivity contribution in [2.24, 2.45) is 0 Å². The Balaban J connectivity index is 1.56. The number of rotatable bonds is 4. The molecule has 0 spiro atoms. The first-order valence-corrected chi connectivity index (χ1v) is 9.49. The van der Waals surface area contributed by atoms with Crippen LogP contribution in [-0.2, 0) is 6.54 Å². The van der Waals surface area contributed by atoms with Gasteiger partial charge in [-0.3, -0.25) is 4.79 Å². The molecule has 8 heteroatoms. The second kappa shape index (κ2) is 7.24. The minimum absolute atomic E-state index is 0.224. The number of hydrogen-bond donors (Lipinski definition) is 2. The Bertz CT molecular complexity index is 1410. The Morgan fingerprint density at radius 2 is 1.87 bits per heavy atom. The van der Waals surface area contributed by atoms with E-state index in [-0.39, 0.29) is 18.1 Å². The van der Waals surface area contributed by atoms with Crippen LogP contribution in [0.1, 0.15) is 16.1 Å². The molecule has 154 valence electrons. The van der Waals surface area contributed by atoms with Crippen LogP contribution >= 0.6 is 0 Å². The lowest BCUT2D eigenvalue weighted by Gasteiger charge is -2.13. The van der Waals surface area contributed by atoms with Crippen molar-refractivity contribution in [3.05, 3.63) is 95.9 Å². The van der Waals surface area contributed by atoms with Crippen LogP contribution < -0.4 is 5.32 Å². The smallest absolute Gasteiger partial charge is 0.272 e. The highest BCUT2D eigenvalue weighted by Gasteiger charge is 2.18. The van der Waals surface area contributed by atoms with Gasteiger partial charge in [-0.2, -0.15) is 4.73 Å². The Labute approximate surface area is 175 Å². The molecule has 0 unspecified atom stereocenters. The topological polar surface area (TPSA) is 72.1 Å². The Hall–Kier alpha value is -4.20. The zero-order valence-corrected chi connectivity index (χ0v) is 16.1. The minimum atomic E-state index is -0.452. The summed E-state index contributed by atoms with van der Waals surface area (Å²) in [4.78, 5) is 17.2. The zero-order valence-electron chi connectivity index (χ0n) is 16.1. The highest BCUT2D eigenvalue weighted by molar-refractivity contribution is 6.06. The first kappa shape index (κ1) is 18.8. The molecule has 0 saturated heterocycles. The first-order chi connectivity index (χ1) is 15.0. The number of nitrogens with zero attached hydrogens (tertiary/aromatic N) is 3. The third-order valence-electron chi connectivity index (χ3n) is 5.08. The van der Waals surface area contributed by atoms with E-state index in [1.807, 2.05) is 0 Å². The third kappa shape index (κ3) is 3.48. The van der Waals surface area contributed by atoms with Gasteiger partial charge in [0.1, 0.15) is 17.3 Å². The molecule has 2 aliphatic rings. The monoisotopic (exact) mass is 418 g/mol. The number of nitrogens with one attached hydrogen (secondary N) is 1. The van der Waals surface area contributed by atoms with Crippen molar-refractivity contribution >= 4 is 22.5 Å². The van der Waals surface area contributed by atoms with E-state index >= 15 is 0 Å². The number of carbonyl (C=O) groups excluding carboxylic acids is 1. The van der Waals surface area contributed by atoms with Crippen molar-refractivity contribution < 1.29 is 18.8 Å². The molecule has 0 bridgehead atoms. The van der Waals surface area contributed by atoms with Gasteiger partial charge in [0.15, 0.2) is 5.82 Å². The van der Waals surface area contributed by atoms with Crippen LogP contribution in [0, 0.1) is 11.6 Å². The van der Waals surface area contributed by atoms with Gasteiger partial charge in [0, 0.05) is 29.2 Å². The van der Waals surface area contributed by atoms with Crippen molar-refractivity contribution in [1.29, 1.82) is 0 Å². The van der Waals surface area contributed by atoms with E-state index < -0.39 is 11.7 Å². The number of carbonyl (C=O) groups is 1. The number of aromatic nitrogens is 3. The number of anilines is 1. The molecule has 0 radical (unpaired) electrons. The van der Waals surface area contributed by atoms with Crippen LogP contribution in [0.2, 0.25) is 0 Å². The van der Waals surface area contributed by atoms with E-state index in [1.54, 1.807) is 47.2 Å². The molecule has 5 rings (SSSR count). The van der Waals surface area contributed by atoms with Gasteiger partial charge in [0.25, 0.3) is 5.91 Å². The van der Waals surface area contributed by atoms with E-state index in [1.165, 1.54) is 30.5 Å². The molecule has 2 N–H and O–H groups in total. The number of hydrogen-bond acceptors (Lipinski definition) is 3. The molecule has 0 atom stereocenters. The van der Waals surface area contributed by atoms with Gasteiger partial charge in [-0.1, -0.05) is 12.1 Å². The maximum atomic E-state index is 13.8. The van der Waals surface area contributed by atoms with Gasteiger partial charge >= 0.3 is 0 Å². The first-order valence-electron chi connectivity index (χ1n) is 9.49. The number of benzene rings is 2. The summed E-state index contributed by atoms with van der Waals surface area (Å²) < 4.78 is 30.0. The average Bonchev–Trinajstić information content (AvgIpc) is 3.33. The summed E-state index contributed by atoms with van der Waals surface area (Å²) in [5, 5.41) is 13.4. The van der Waals surface area contributed by atoms with Gasteiger partial charge < -0.3 is 15.1 Å². The van der Waals surface area contributed by atoms with Crippen molar-refractivity contribution in [2.75, 3.05) is 5.32 Å². The maximum absolute atomic E-state index is 13.8. The number of pyridine rings is 1. The van der Waals surface area contributed by atoms with Crippen molar-refractivity contribution in [1.82, 2.24) is 14.3 Å². The number of fused-ring (bicyclic) bond motifs is 2. The summed E-state index contributed by atoms with van der Waals surface area (Å²) in [6.07, 6.45) is 2.89. The quantitative estimate of drug-likeness (QED) is 0.414. The van der Waals surface area contributed by atoms with Crippen molar-refractivity contribution in [2.45, 2.75) is 6.54 Å². The van der Waals surface area contributed by atoms with Crippen molar-refractivity contribution in [3.8, 4) is 11.4 Å². The standard InChI is InChI=1S/C23H16F2N4O2/c24-17-3-1-2-14(8-17)12-28-20-5-4-18(25)9-16(20)11-21(28)23(30)27-19-10-15-6-7-26-22(15)29(31)13-19/h1-11,13,31H,12H2,(H,27,30). The minimum Gasteiger partial charge on any atom is -0.427 e. The highest BCUT2D eigenvalue weighted by atomic mass is 19.1. The van der Waals surface area contributed by atoms with E-state index in [0.29, 0.717) is 33.5 Å². The summed E-state index contributed by atoms with van der Waals surface area (Å²) in [5.74, 6) is -0.881. The number of halogens is 2. The van der Waals surface area contributed by atoms with Gasteiger partial charge in [-0.25, -0.2) is 13.8 Å². The van der Waals surface area contributed by atoms with Crippen LogP contribution in [0.3, 0.4) is 0 Å². The molecule has 31 heavy (non-hydrogen) atoms. The van der Waals surface area contributed by atoms with Gasteiger partial charge in [0.05, 0.1) is 11.9 Å². The van der Waals surface area contributed by atoms with Gasteiger partial charge in [0.2, 0.25) is 0 Å². The van der Waals surface area contributed by atoms with Gasteiger partial charge in [-0.05, 0) is 54.1 Å². The van der Waals surface area contributed by atoms with Gasteiger partial charge in [-0.15, -0.1) is 0 Å². The molecule has 1 aromatic heterocycles. The summed E-state index contributed by atoms with van der Waals surface area (Å²) in [5.41, 5.74) is 2.59. The SMILES string of the molecule is O=C(Nc1cc2ccnc-2n(O)c1)c1cc2cc(F)ccc2n1Cc1cccc(F)c1. The zero-order chi connectivity index (χ0) is 21.5. The lowest BCUT2D eigenvalue weighted by molar-refractivity contribution is 0.101. The normalized spacial score (nSPS) is 11.3. The second-order valence-electron chi connectivity index (χ2n) is 7.20. The maximum Gasteiger partial charge on any atom is 0.272 e. The summed E-state index contributed by atoms with van der Waals surface area (Å²) in [6, 6.07) is 15.3. The third-order valence-corrected chi connectivity index (χ3v) is 5.08. The lowest BCUT2D eigenvalue weighted by Crippen LogP contribution is -2.18. The molecule has 3 aromatic rings. The summed E-state index contributed by atoms with van der Waals surface area (Å²) in [7, 11) is 0. The largest absolute Gasteiger partial charge is 0.427 e. The predicted octanol–water partition coefficient (Wildman–Crippen LogP) is 4.76. The van der Waals surface area contributed by atoms with E-state index in [9.17, 15) is 18.8 Å². The molecular weight excluding hydrogens is 402 g/mol. The molecule has 0 saturated carbocycles. The lowest BCUT2D eigenvalue weighted by atomic mass is 10.2. The second-order valence-corrected chi connectivity index (χ2v) is 7.20. The predicted molar refractivity (Wildman–Crippen MR) is 111 cm³/mol. The fraction of sp³-hybridized carbons (Fsp3) is 0.0435. The Morgan fingerprint density at radius 3 is 2.71 bits per heavy atom. The molecule has 0 fully saturated rings. The van der Waals surface area contributed by atoms with Crippen molar-refractivity contribution in [3.63, 3.8) is 0 Å². The fourth-order valence-electron chi connectivity index (χ4n) is 3.72. The summed E-state index contributed by atoms with van der Waals surface area (Å²) >= 11 is 0. The van der Waals surface area contributed by atoms with Crippen LogP contribution in [0.15, 0.2) is 73.1 Å². The van der Waals surface area contributed by atoms with E-state index in [2.05, 4.69) is 10.3 Å². The molecule has 6 nitrogen and oxygen atoms in total. The van der Waals surface area contributed by atoms with E-state index in [4.69, 9.17) is 0 Å². The van der Waals surface area contributed by atoms with Crippen LogP contribution in [0.4, 0.5) is 14.5 Å². The number of amides is 1. The molecule has 2 aliphatic heterocycles. The van der Waals surface area contributed by atoms with Crippen LogP contribution in [0.25, 0.3) is 22.3 Å². The van der Waals surface area contributed by atoms with Crippen LogP contribution in [-0.4, -0.2) is 25.4 Å². The molecule has 3 heterocycles. The molecule has 1 amide bonds. The highest BCUT2D eigenvalue weighted by Crippen LogP contribution is 2.26. The molecule has 0 aliphatic carbocycles. The Morgan fingerprint density at radius 1 is 1.03 bits per heavy atom. The van der Waals surface area contributed by atoms with Crippen LogP contribution in [0.5, 0.6) is 0 Å². The Kier molecular flexibility index (Phi) is 4.39.